The molecule has 0 fully saturated rings. The maximum atomic E-state index is 11.7. The van der Waals surface area contributed by atoms with E-state index in [1.807, 2.05) is 37.3 Å². The fourth-order valence-electron chi connectivity index (χ4n) is 1.64. The highest BCUT2D eigenvalue weighted by Gasteiger charge is 2.02. The van der Waals surface area contributed by atoms with Crippen molar-refractivity contribution in [2.24, 2.45) is 0 Å². The summed E-state index contributed by atoms with van der Waals surface area (Å²) in [6.45, 7) is 2.89. The molecule has 0 aliphatic carbocycles. The van der Waals surface area contributed by atoms with E-state index in [2.05, 4.69) is 10.6 Å². The zero-order valence-corrected chi connectivity index (χ0v) is 10.3. The van der Waals surface area contributed by atoms with Crippen LogP contribution < -0.4 is 10.6 Å². The van der Waals surface area contributed by atoms with Gasteiger partial charge in [0, 0.05) is 17.8 Å². The van der Waals surface area contributed by atoms with Gasteiger partial charge in [0.25, 0.3) is 0 Å². The fourth-order valence-corrected chi connectivity index (χ4v) is 1.64. The highest BCUT2D eigenvalue weighted by atomic mass is 16.3. The molecular weight excluding hydrogens is 228 g/mol. The van der Waals surface area contributed by atoms with Crippen LogP contribution >= 0.6 is 0 Å². The fraction of sp³-hybridized carbons (Fsp3) is 0.214. The summed E-state index contributed by atoms with van der Waals surface area (Å²) in [6, 6.07) is 9.59. The first-order chi connectivity index (χ1) is 8.74. The summed E-state index contributed by atoms with van der Waals surface area (Å²) in [7, 11) is 0. The van der Waals surface area contributed by atoms with Gasteiger partial charge in [-0.3, -0.25) is 4.79 Å². The summed E-state index contributed by atoms with van der Waals surface area (Å²) in [6.07, 6.45) is 3.27. The molecule has 0 saturated carbocycles. The smallest absolute Gasteiger partial charge is 0.238 e. The number of hydrogen-bond donors (Lipinski definition) is 2. The van der Waals surface area contributed by atoms with Crippen molar-refractivity contribution in [1.82, 2.24) is 5.32 Å². The van der Waals surface area contributed by atoms with Crippen molar-refractivity contribution in [3.63, 3.8) is 0 Å². The second-order valence-corrected chi connectivity index (χ2v) is 4.15. The van der Waals surface area contributed by atoms with Crippen molar-refractivity contribution in [2.75, 3.05) is 11.9 Å². The molecule has 94 valence electrons. The van der Waals surface area contributed by atoms with Gasteiger partial charge >= 0.3 is 0 Å². The van der Waals surface area contributed by atoms with E-state index in [0.29, 0.717) is 6.54 Å². The Morgan fingerprint density at radius 3 is 2.94 bits per heavy atom. The third-order valence-electron chi connectivity index (χ3n) is 2.50. The number of rotatable bonds is 5. The summed E-state index contributed by atoms with van der Waals surface area (Å²) >= 11 is 0. The number of carbonyl (C=O) groups is 1. The SMILES string of the molecule is Cc1cccc(NC(=O)CNCc2ccoc2)c1. The summed E-state index contributed by atoms with van der Waals surface area (Å²) in [4.78, 5) is 11.7. The summed E-state index contributed by atoms with van der Waals surface area (Å²) in [5, 5.41) is 5.89. The lowest BCUT2D eigenvalue weighted by Crippen LogP contribution is -2.27. The molecule has 0 aliphatic heterocycles. The van der Waals surface area contributed by atoms with Crippen molar-refractivity contribution in [3.05, 3.63) is 54.0 Å². The average Bonchev–Trinajstić information content (AvgIpc) is 2.82. The molecule has 0 atom stereocenters. The third kappa shape index (κ3) is 3.75. The van der Waals surface area contributed by atoms with Crippen LogP contribution in [0.15, 0.2) is 47.3 Å². The number of benzene rings is 1. The van der Waals surface area contributed by atoms with Crippen LogP contribution in [0.25, 0.3) is 0 Å². The van der Waals surface area contributed by atoms with E-state index >= 15 is 0 Å². The molecule has 1 aromatic carbocycles. The molecule has 0 aliphatic rings. The topological polar surface area (TPSA) is 54.3 Å². The number of carbonyl (C=O) groups excluding carboxylic acids is 1. The van der Waals surface area contributed by atoms with E-state index in [1.165, 1.54) is 0 Å². The van der Waals surface area contributed by atoms with Gasteiger partial charge in [-0.05, 0) is 30.7 Å². The minimum atomic E-state index is -0.0518. The van der Waals surface area contributed by atoms with E-state index in [1.54, 1.807) is 12.5 Å². The van der Waals surface area contributed by atoms with Crippen molar-refractivity contribution in [1.29, 1.82) is 0 Å². The molecule has 1 amide bonds. The molecule has 1 heterocycles. The summed E-state index contributed by atoms with van der Waals surface area (Å²) in [5.41, 5.74) is 2.97. The Hall–Kier alpha value is -2.07. The average molecular weight is 244 g/mol. The Bertz CT molecular complexity index is 506. The second-order valence-electron chi connectivity index (χ2n) is 4.15. The van der Waals surface area contributed by atoms with Crippen molar-refractivity contribution in [3.8, 4) is 0 Å². The van der Waals surface area contributed by atoms with Gasteiger partial charge in [-0.15, -0.1) is 0 Å². The van der Waals surface area contributed by atoms with Gasteiger partial charge in [-0.2, -0.15) is 0 Å². The predicted molar refractivity (Wildman–Crippen MR) is 70.2 cm³/mol. The number of anilines is 1. The number of amides is 1. The summed E-state index contributed by atoms with van der Waals surface area (Å²) < 4.78 is 4.94. The molecule has 2 N–H and O–H groups in total. The zero-order chi connectivity index (χ0) is 12.8. The quantitative estimate of drug-likeness (QED) is 0.848. The molecule has 2 rings (SSSR count). The lowest BCUT2D eigenvalue weighted by molar-refractivity contribution is -0.115. The molecule has 0 unspecified atom stereocenters. The molecule has 4 nitrogen and oxygen atoms in total. The molecule has 2 aromatic rings. The van der Waals surface area contributed by atoms with Gasteiger partial charge in [-0.1, -0.05) is 12.1 Å². The molecule has 0 bridgehead atoms. The minimum Gasteiger partial charge on any atom is -0.472 e. The first-order valence-electron chi connectivity index (χ1n) is 5.82. The standard InChI is InChI=1S/C14H16N2O2/c1-11-3-2-4-13(7-11)16-14(17)9-15-8-12-5-6-18-10-12/h2-7,10,15H,8-9H2,1H3,(H,16,17). The van der Waals surface area contributed by atoms with Crippen LogP contribution in [0.3, 0.4) is 0 Å². The molecular formula is C14H16N2O2. The van der Waals surface area contributed by atoms with Gasteiger partial charge in [0.1, 0.15) is 0 Å². The maximum absolute atomic E-state index is 11.7. The lowest BCUT2D eigenvalue weighted by atomic mass is 10.2. The molecule has 1 aromatic heterocycles. The molecule has 0 radical (unpaired) electrons. The van der Waals surface area contributed by atoms with Crippen molar-refractivity contribution >= 4 is 11.6 Å². The Labute approximate surface area is 106 Å². The minimum absolute atomic E-state index is 0.0518. The Balaban J connectivity index is 1.75. The number of aryl methyl sites for hydroxylation is 1. The predicted octanol–water partition coefficient (Wildman–Crippen LogP) is 2.32. The van der Waals surface area contributed by atoms with Gasteiger partial charge in [-0.25, -0.2) is 0 Å². The van der Waals surface area contributed by atoms with E-state index in [9.17, 15) is 4.79 Å². The van der Waals surface area contributed by atoms with Crippen LogP contribution in [0.1, 0.15) is 11.1 Å². The monoisotopic (exact) mass is 244 g/mol. The van der Waals surface area contributed by atoms with E-state index < -0.39 is 0 Å². The molecule has 4 heteroatoms. The molecule has 18 heavy (non-hydrogen) atoms. The van der Waals surface area contributed by atoms with Gasteiger partial charge in [0.2, 0.25) is 5.91 Å². The number of furan rings is 1. The lowest BCUT2D eigenvalue weighted by Gasteiger charge is -2.06. The highest BCUT2D eigenvalue weighted by Crippen LogP contribution is 2.08. The van der Waals surface area contributed by atoms with Crippen LogP contribution in [0.4, 0.5) is 5.69 Å². The second kappa shape index (κ2) is 6.02. The van der Waals surface area contributed by atoms with Crippen LogP contribution in [0, 0.1) is 6.92 Å². The van der Waals surface area contributed by atoms with E-state index in [4.69, 9.17) is 4.42 Å². The van der Waals surface area contributed by atoms with Gasteiger partial charge in [0.15, 0.2) is 0 Å². The van der Waals surface area contributed by atoms with Crippen LogP contribution in [-0.4, -0.2) is 12.5 Å². The van der Waals surface area contributed by atoms with Crippen LogP contribution in [0.5, 0.6) is 0 Å². The normalized spacial score (nSPS) is 10.3. The maximum Gasteiger partial charge on any atom is 0.238 e. The number of hydrogen-bond acceptors (Lipinski definition) is 3. The van der Waals surface area contributed by atoms with Crippen LogP contribution in [-0.2, 0) is 11.3 Å². The van der Waals surface area contributed by atoms with Crippen LogP contribution in [0.2, 0.25) is 0 Å². The zero-order valence-electron chi connectivity index (χ0n) is 10.3. The Kier molecular flexibility index (Phi) is 4.15. The number of nitrogens with one attached hydrogen (secondary N) is 2. The summed E-state index contributed by atoms with van der Waals surface area (Å²) in [5.74, 6) is -0.0518. The van der Waals surface area contributed by atoms with Crippen molar-refractivity contribution in [2.45, 2.75) is 13.5 Å². The molecule has 0 saturated heterocycles. The van der Waals surface area contributed by atoms with E-state index in [0.717, 1.165) is 16.8 Å². The Morgan fingerprint density at radius 1 is 1.33 bits per heavy atom. The molecule has 0 spiro atoms. The third-order valence-corrected chi connectivity index (χ3v) is 2.50. The first kappa shape index (κ1) is 12.4. The van der Waals surface area contributed by atoms with Gasteiger partial charge < -0.3 is 15.1 Å². The van der Waals surface area contributed by atoms with Crippen molar-refractivity contribution < 1.29 is 9.21 Å². The Morgan fingerprint density at radius 2 is 2.22 bits per heavy atom. The first-order valence-corrected chi connectivity index (χ1v) is 5.82. The highest BCUT2D eigenvalue weighted by molar-refractivity contribution is 5.92. The van der Waals surface area contributed by atoms with Gasteiger partial charge in [0.05, 0.1) is 19.1 Å². The van der Waals surface area contributed by atoms with E-state index in [-0.39, 0.29) is 12.5 Å². The largest absolute Gasteiger partial charge is 0.472 e.